The van der Waals surface area contributed by atoms with Crippen LogP contribution in [0.3, 0.4) is 0 Å². The van der Waals surface area contributed by atoms with Crippen molar-refractivity contribution in [3.05, 3.63) is 64.2 Å². The molecule has 7 heteroatoms. The zero-order chi connectivity index (χ0) is 15.9. The van der Waals surface area contributed by atoms with E-state index in [0.29, 0.717) is 5.04 Å². The highest BCUT2D eigenvalue weighted by molar-refractivity contribution is 9.10. The van der Waals surface area contributed by atoms with Crippen molar-refractivity contribution in [3.8, 4) is 0 Å². The fourth-order valence-corrected chi connectivity index (χ4v) is 4.63. The fourth-order valence-electron chi connectivity index (χ4n) is 2.38. The third-order valence-corrected chi connectivity index (χ3v) is 6.13. The summed E-state index contributed by atoms with van der Waals surface area (Å²) in [6.07, 6.45) is 0. The van der Waals surface area contributed by atoms with Gasteiger partial charge in [0, 0.05) is 11.6 Å². The van der Waals surface area contributed by atoms with Gasteiger partial charge in [-0.2, -0.15) is 0 Å². The van der Waals surface area contributed by atoms with E-state index >= 15 is 0 Å². The molecule has 0 amide bonds. The number of rotatable bonds is 2. The van der Waals surface area contributed by atoms with Gasteiger partial charge in [0.25, 0.3) is 5.69 Å². The summed E-state index contributed by atoms with van der Waals surface area (Å²) in [6, 6.07) is 13.5. The minimum Gasteiger partial charge on any atom is -0.258 e. The third-order valence-electron chi connectivity index (χ3n) is 3.47. The number of benzene rings is 2. The summed E-state index contributed by atoms with van der Waals surface area (Å²) < 4.78 is 12.2. The highest BCUT2D eigenvalue weighted by Gasteiger charge is 2.41. The molecule has 3 rings (SSSR count). The molecule has 2 aromatic rings. The minimum atomic E-state index is -1.73. The zero-order valence-corrected chi connectivity index (χ0v) is 13.9. The van der Waals surface area contributed by atoms with E-state index in [4.69, 9.17) is 0 Å². The van der Waals surface area contributed by atoms with Crippen LogP contribution in [0.25, 0.3) is 0 Å². The minimum absolute atomic E-state index is 0.157. The number of para-hydroxylation sites is 2. The molecular formula is C15H11BrN2O3S. The first-order valence-electron chi connectivity index (χ1n) is 6.45. The SMILES string of the molecule is CC1(Br)C(S(=O)c2ccccc2[N+](=O)[O-])=Nc2ccccc21. The van der Waals surface area contributed by atoms with Gasteiger partial charge in [0.15, 0.2) is 0 Å². The van der Waals surface area contributed by atoms with Gasteiger partial charge in [-0.25, -0.2) is 9.20 Å². The number of hydrogen-bond acceptors (Lipinski definition) is 4. The summed E-state index contributed by atoms with van der Waals surface area (Å²) in [6.45, 7) is 1.85. The van der Waals surface area contributed by atoms with E-state index in [-0.39, 0.29) is 10.6 Å². The second kappa shape index (κ2) is 5.40. The predicted molar refractivity (Wildman–Crippen MR) is 89.3 cm³/mol. The van der Waals surface area contributed by atoms with Gasteiger partial charge in [-0.15, -0.1) is 0 Å². The Kier molecular flexibility index (Phi) is 3.70. The van der Waals surface area contributed by atoms with Crippen LogP contribution in [-0.2, 0) is 15.1 Å². The molecule has 0 saturated carbocycles. The van der Waals surface area contributed by atoms with Crippen LogP contribution in [-0.4, -0.2) is 14.2 Å². The second-order valence-corrected chi connectivity index (χ2v) is 7.88. The number of fused-ring (bicyclic) bond motifs is 1. The number of hydrogen-bond donors (Lipinski definition) is 0. The lowest BCUT2D eigenvalue weighted by Gasteiger charge is -2.19. The van der Waals surface area contributed by atoms with Crippen molar-refractivity contribution in [2.75, 3.05) is 0 Å². The van der Waals surface area contributed by atoms with Crippen molar-refractivity contribution in [3.63, 3.8) is 0 Å². The van der Waals surface area contributed by atoms with Crippen molar-refractivity contribution in [2.24, 2.45) is 4.99 Å². The Morgan fingerprint density at radius 1 is 1.18 bits per heavy atom. The maximum absolute atomic E-state index is 12.9. The van der Waals surface area contributed by atoms with Crippen LogP contribution in [0.4, 0.5) is 11.4 Å². The molecular weight excluding hydrogens is 368 g/mol. The number of nitrogens with zero attached hydrogens (tertiary/aromatic N) is 2. The summed E-state index contributed by atoms with van der Waals surface area (Å²) in [5.41, 5.74) is 1.46. The first-order chi connectivity index (χ1) is 10.4. The third kappa shape index (κ3) is 2.30. The largest absolute Gasteiger partial charge is 0.285 e. The van der Waals surface area contributed by atoms with Gasteiger partial charge in [0.1, 0.15) is 25.1 Å². The molecule has 0 bridgehead atoms. The second-order valence-electron chi connectivity index (χ2n) is 4.93. The van der Waals surface area contributed by atoms with Gasteiger partial charge in [0.05, 0.1) is 10.6 Å². The van der Waals surface area contributed by atoms with Crippen LogP contribution in [0.1, 0.15) is 12.5 Å². The van der Waals surface area contributed by atoms with E-state index in [1.54, 1.807) is 12.1 Å². The molecule has 0 radical (unpaired) electrons. The highest BCUT2D eigenvalue weighted by atomic mass is 79.9. The Morgan fingerprint density at radius 2 is 1.82 bits per heavy atom. The fraction of sp³-hybridized carbons (Fsp3) is 0.133. The van der Waals surface area contributed by atoms with Crippen LogP contribution in [0, 0.1) is 10.1 Å². The molecule has 0 fully saturated rings. The van der Waals surface area contributed by atoms with E-state index < -0.39 is 20.0 Å². The van der Waals surface area contributed by atoms with Crippen LogP contribution in [0.2, 0.25) is 0 Å². The Labute approximate surface area is 137 Å². The molecule has 0 saturated heterocycles. The first kappa shape index (κ1) is 15.1. The molecule has 0 aliphatic carbocycles. The molecule has 1 aliphatic rings. The van der Waals surface area contributed by atoms with Crippen molar-refractivity contribution >= 4 is 43.1 Å². The summed E-state index contributed by atoms with van der Waals surface area (Å²) in [4.78, 5) is 15.2. The summed E-state index contributed by atoms with van der Waals surface area (Å²) in [7, 11) is -1.73. The molecule has 22 heavy (non-hydrogen) atoms. The number of nitro benzene ring substituents is 1. The maximum Gasteiger partial charge on any atom is 0.285 e. The van der Waals surface area contributed by atoms with Crippen LogP contribution < -0.4 is 0 Å². The highest BCUT2D eigenvalue weighted by Crippen LogP contribution is 2.46. The van der Waals surface area contributed by atoms with E-state index in [9.17, 15) is 14.3 Å². The summed E-state index contributed by atoms with van der Waals surface area (Å²) in [5.74, 6) is 0. The monoisotopic (exact) mass is 378 g/mol. The van der Waals surface area contributed by atoms with Crippen molar-refractivity contribution in [1.29, 1.82) is 0 Å². The molecule has 2 aromatic carbocycles. The average molecular weight is 379 g/mol. The molecule has 1 heterocycles. The molecule has 0 spiro atoms. The van der Waals surface area contributed by atoms with Gasteiger partial charge >= 0.3 is 0 Å². The predicted octanol–water partition coefficient (Wildman–Crippen LogP) is 4.06. The van der Waals surface area contributed by atoms with Gasteiger partial charge in [-0.1, -0.05) is 46.3 Å². The molecule has 112 valence electrons. The first-order valence-corrected chi connectivity index (χ1v) is 8.40. The van der Waals surface area contributed by atoms with Crippen LogP contribution >= 0.6 is 15.9 Å². The van der Waals surface area contributed by atoms with Crippen molar-refractivity contribution < 1.29 is 9.13 Å². The van der Waals surface area contributed by atoms with E-state index in [1.807, 2.05) is 31.2 Å². The molecule has 1 aliphatic heterocycles. The Bertz CT molecular complexity index is 833. The van der Waals surface area contributed by atoms with E-state index in [0.717, 1.165) is 11.3 Å². The van der Waals surface area contributed by atoms with Crippen LogP contribution in [0.15, 0.2) is 58.4 Å². The smallest absolute Gasteiger partial charge is 0.258 e. The molecule has 0 aromatic heterocycles. The number of aliphatic imine (C=N–C) groups is 1. The quantitative estimate of drug-likeness (QED) is 0.449. The number of alkyl halides is 1. The molecule has 2 atom stereocenters. The molecule has 2 unspecified atom stereocenters. The molecule has 5 nitrogen and oxygen atoms in total. The topological polar surface area (TPSA) is 72.6 Å². The standard InChI is InChI=1S/C15H11BrN2O3S/c1-15(16)10-6-2-3-7-11(10)17-14(15)22(21)13-9-5-4-8-12(13)18(19)20/h2-9H,1H3. The average Bonchev–Trinajstić information content (AvgIpc) is 2.78. The van der Waals surface area contributed by atoms with E-state index in [1.165, 1.54) is 12.1 Å². The molecule has 0 N–H and O–H groups in total. The van der Waals surface area contributed by atoms with Crippen LogP contribution in [0.5, 0.6) is 0 Å². The lowest BCUT2D eigenvalue weighted by molar-refractivity contribution is -0.387. The van der Waals surface area contributed by atoms with E-state index in [2.05, 4.69) is 20.9 Å². The summed E-state index contributed by atoms with van der Waals surface area (Å²) in [5, 5.41) is 11.5. The Balaban J connectivity index is 2.11. The van der Waals surface area contributed by atoms with Gasteiger partial charge in [0.2, 0.25) is 0 Å². The van der Waals surface area contributed by atoms with Gasteiger partial charge in [-0.05, 0) is 19.1 Å². The van der Waals surface area contributed by atoms with Gasteiger partial charge in [-0.3, -0.25) is 10.1 Å². The maximum atomic E-state index is 12.9. The normalized spacial score (nSPS) is 21.1. The van der Waals surface area contributed by atoms with Crippen molar-refractivity contribution in [2.45, 2.75) is 16.1 Å². The van der Waals surface area contributed by atoms with Crippen molar-refractivity contribution in [1.82, 2.24) is 0 Å². The zero-order valence-electron chi connectivity index (χ0n) is 11.5. The lowest BCUT2D eigenvalue weighted by atomic mass is 10.0. The number of nitro groups is 1. The van der Waals surface area contributed by atoms with Gasteiger partial charge < -0.3 is 0 Å². The summed E-state index contributed by atoms with van der Waals surface area (Å²) >= 11 is 3.57. The Morgan fingerprint density at radius 3 is 2.50 bits per heavy atom. The Hall–Kier alpha value is -1.86. The lowest BCUT2D eigenvalue weighted by Crippen LogP contribution is -2.26. The number of halogens is 1.